The van der Waals surface area contributed by atoms with Gasteiger partial charge in [-0.3, -0.25) is 5.32 Å². The van der Waals surface area contributed by atoms with Crippen LogP contribution in [0.3, 0.4) is 0 Å². The van der Waals surface area contributed by atoms with E-state index in [1.807, 2.05) is 63.2 Å². The third kappa shape index (κ3) is 5.20. The van der Waals surface area contributed by atoms with E-state index in [2.05, 4.69) is 20.0 Å². The number of nitrogens with zero attached hydrogens (tertiary/aromatic N) is 2. The lowest BCUT2D eigenvalue weighted by Gasteiger charge is -2.23. The Bertz CT molecular complexity index is 1550. The molecule has 0 aliphatic carbocycles. The van der Waals surface area contributed by atoms with E-state index < -0.39 is 22.4 Å². The first-order valence-electron chi connectivity index (χ1n) is 11.9. The number of fused-ring (bicyclic) bond motifs is 4. The zero-order valence-electron chi connectivity index (χ0n) is 20.8. The summed E-state index contributed by atoms with van der Waals surface area (Å²) in [6, 6.07) is 21.6. The van der Waals surface area contributed by atoms with Crippen molar-refractivity contribution in [3.05, 3.63) is 101 Å². The van der Waals surface area contributed by atoms with Crippen molar-refractivity contribution in [1.82, 2.24) is 15.3 Å². The number of rotatable bonds is 2. The van der Waals surface area contributed by atoms with Crippen LogP contribution in [0.4, 0.5) is 5.95 Å². The molecule has 3 aromatic carbocycles. The molecule has 0 fully saturated rings. The van der Waals surface area contributed by atoms with Crippen LogP contribution in [-0.4, -0.2) is 30.0 Å². The van der Waals surface area contributed by atoms with Crippen molar-refractivity contribution in [2.75, 3.05) is 11.3 Å². The first-order valence-corrected chi connectivity index (χ1v) is 13.4. The molecule has 8 nitrogen and oxygen atoms in total. The fourth-order valence-corrected chi connectivity index (χ4v) is 5.55. The smallest absolute Gasteiger partial charge is 0.264 e. The van der Waals surface area contributed by atoms with Crippen LogP contribution in [0.5, 0.6) is 5.88 Å². The average molecular weight is 517 g/mol. The molecule has 0 saturated carbocycles. The number of benzene rings is 3. The highest BCUT2D eigenvalue weighted by molar-refractivity contribution is 7.92. The van der Waals surface area contributed by atoms with E-state index in [9.17, 15) is 13.5 Å². The number of aliphatic hydroxyl groups excluding tert-OH is 1. The number of anilines is 1. The number of ether oxygens (including phenoxy) is 1. The van der Waals surface area contributed by atoms with Gasteiger partial charge in [0.1, 0.15) is 12.3 Å². The summed E-state index contributed by atoms with van der Waals surface area (Å²) in [6.07, 6.45) is -1.63. The number of hydrogen-bond acceptors (Lipinski definition) is 7. The normalized spacial score (nSPS) is 18.9. The molecule has 9 heteroatoms. The molecule has 4 aromatic rings. The third-order valence-electron chi connectivity index (χ3n) is 6.44. The molecule has 37 heavy (non-hydrogen) atoms. The van der Waals surface area contributed by atoms with Gasteiger partial charge in [0.25, 0.3) is 10.0 Å². The van der Waals surface area contributed by atoms with Gasteiger partial charge >= 0.3 is 0 Å². The monoisotopic (exact) mass is 516 g/mol. The highest BCUT2D eigenvalue weighted by Crippen LogP contribution is 2.32. The maximum atomic E-state index is 13.3. The van der Waals surface area contributed by atoms with Gasteiger partial charge in [-0.15, -0.1) is 0 Å². The third-order valence-corrected chi connectivity index (χ3v) is 7.77. The predicted molar refractivity (Wildman–Crippen MR) is 142 cm³/mol. The van der Waals surface area contributed by atoms with Gasteiger partial charge in [-0.1, -0.05) is 54.6 Å². The molecule has 0 amide bonds. The molecule has 1 aliphatic rings. The van der Waals surface area contributed by atoms with Crippen LogP contribution in [0.1, 0.15) is 40.1 Å². The summed E-state index contributed by atoms with van der Waals surface area (Å²) in [4.78, 5) is 8.98. The second-order valence-electron chi connectivity index (χ2n) is 9.13. The van der Waals surface area contributed by atoms with Crippen molar-refractivity contribution in [2.24, 2.45) is 0 Å². The first-order chi connectivity index (χ1) is 17.7. The van der Waals surface area contributed by atoms with Crippen LogP contribution in [-0.2, 0) is 10.0 Å². The van der Waals surface area contributed by atoms with Crippen molar-refractivity contribution in [2.45, 2.75) is 38.0 Å². The van der Waals surface area contributed by atoms with Gasteiger partial charge in [-0.2, -0.15) is 4.98 Å². The van der Waals surface area contributed by atoms with Gasteiger partial charge in [0, 0.05) is 18.2 Å². The minimum atomic E-state index is -4.04. The molecule has 0 radical (unpaired) electrons. The molecule has 1 aliphatic heterocycles. The molecule has 0 saturated heterocycles. The molecule has 5 rings (SSSR count). The van der Waals surface area contributed by atoms with Crippen LogP contribution < -0.4 is 14.8 Å². The Labute approximate surface area is 216 Å². The Kier molecular flexibility index (Phi) is 6.68. The van der Waals surface area contributed by atoms with E-state index in [-0.39, 0.29) is 23.3 Å². The van der Waals surface area contributed by atoms with Crippen LogP contribution in [0.25, 0.3) is 11.3 Å². The topological polar surface area (TPSA) is 113 Å². The molecule has 4 bridgehead atoms. The number of aliphatic hydroxyl groups is 1. The van der Waals surface area contributed by atoms with Gasteiger partial charge in [-0.05, 0) is 60.7 Å². The molecule has 1 unspecified atom stereocenters. The van der Waals surface area contributed by atoms with E-state index in [1.54, 1.807) is 18.2 Å². The maximum Gasteiger partial charge on any atom is 0.264 e. The number of aromatic nitrogens is 2. The SMILES string of the molecule is Cc1ccccc1[C@H]1CNC(O)c2cccc(c2)S(=O)(=O)Nc2nc(cc(-c3c(C)cccc3C)n2)O1. The summed E-state index contributed by atoms with van der Waals surface area (Å²) >= 11 is 0. The standard InChI is InChI=1S/C28H28N4O4S/c1-17-8-4-5-13-22(17)24-16-29-27(33)20-11-7-12-21(14-20)37(34,35)32-28-30-23(15-25(31-28)36-24)26-18(2)9-6-10-19(26)3/h4-15,24,27,29,33H,16H2,1-3H3,(H,30,31,32)/t24-,27?/m1/s1. The zero-order valence-corrected chi connectivity index (χ0v) is 21.6. The van der Waals surface area contributed by atoms with Crippen molar-refractivity contribution in [3.8, 4) is 17.1 Å². The maximum absolute atomic E-state index is 13.3. The van der Waals surface area contributed by atoms with Crippen LogP contribution in [0.2, 0.25) is 0 Å². The van der Waals surface area contributed by atoms with E-state index in [1.165, 1.54) is 12.1 Å². The highest BCUT2D eigenvalue weighted by Gasteiger charge is 2.24. The average Bonchev–Trinajstić information content (AvgIpc) is 2.86. The minimum Gasteiger partial charge on any atom is -0.468 e. The van der Waals surface area contributed by atoms with Crippen molar-refractivity contribution in [1.29, 1.82) is 0 Å². The zero-order chi connectivity index (χ0) is 26.2. The Balaban J connectivity index is 1.70. The highest BCUT2D eigenvalue weighted by atomic mass is 32.2. The van der Waals surface area contributed by atoms with Crippen LogP contribution in [0, 0.1) is 20.8 Å². The lowest BCUT2D eigenvalue weighted by Crippen LogP contribution is -2.29. The van der Waals surface area contributed by atoms with Crippen LogP contribution >= 0.6 is 0 Å². The predicted octanol–water partition coefficient (Wildman–Crippen LogP) is 4.58. The Morgan fingerprint density at radius 3 is 2.35 bits per heavy atom. The molecule has 1 aromatic heterocycles. The summed E-state index contributed by atoms with van der Waals surface area (Å²) in [5.74, 6) is 0.109. The number of sulfonamides is 1. The molecular formula is C28H28N4O4S. The molecule has 0 spiro atoms. The fourth-order valence-electron chi connectivity index (χ4n) is 4.55. The van der Waals surface area contributed by atoms with E-state index in [4.69, 9.17) is 4.74 Å². The Morgan fingerprint density at radius 1 is 0.892 bits per heavy atom. The van der Waals surface area contributed by atoms with Gasteiger partial charge in [0.2, 0.25) is 11.8 Å². The van der Waals surface area contributed by atoms with E-state index in [0.29, 0.717) is 11.3 Å². The van der Waals surface area contributed by atoms with Crippen molar-refractivity contribution in [3.63, 3.8) is 0 Å². The minimum absolute atomic E-state index is 0.0101. The summed E-state index contributed by atoms with van der Waals surface area (Å²) < 4.78 is 35.4. The number of aryl methyl sites for hydroxylation is 3. The van der Waals surface area contributed by atoms with Gasteiger partial charge in [0.15, 0.2) is 0 Å². The quantitative estimate of drug-likeness (QED) is 0.357. The summed E-state index contributed by atoms with van der Waals surface area (Å²) in [5.41, 5.74) is 5.74. The van der Waals surface area contributed by atoms with Crippen molar-refractivity contribution >= 4 is 16.0 Å². The fraction of sp³-hybridized carbons (Fsp3) is 0.214. The lowest BCUT2D eigenvalue weighted by molar-refractivity contribution is 0.109. The Hall–Kier alpha value is -3.79. The largest absolute Gasteiger partial charge is 0.468 e. The number of nitrogens with one attached hydrogen (secondary N) is 2. The molecule has 3 N–H and O–H groups in total. The van der Waals surface area contributed by atoms with E-state index >= 15 is 0 Å². The van der Waals surface area contributed by atoms with Gasteiger partial charge < -0.3 is 9.84 Å². The molecular weight excluding hydrogens is 488 g/mol. The van der Waals surface area contributed by atoms with Crippen molar-refractivity contribution < 1.29 is 18.3 Å². The van der Waals surface area contributed by atoms with Crippen LogP contribution in [0.15, 0.2) is 77.7 Å². The molecule has 2 atom stereocenters. The molecule has 190 valence electrons. The van der Waals surface area contributed by atoms with Gasteiger partial charge in [0.05, 0.1) is 10.6 Å². The second-order valence-corrected chi connectivity index (χ2v) is 10.8. The second kappa shape index (κ2) is 9.93. The van der Waals surface area contributed by atoms with E-state index in [0.717, 1.165) is 27.8 Å². The Morgan fingerprint density at radius 2 is 1.59 bits per heavy atom. The number of hydrogen-bond donors (Lipinski definition) is 3. The summed E-state index contributed by atoms with van der Waals surface area (Å²) in [5, 5.41) is 13.9. The summed E-state index contributed by atoms with van der Waals surface area (Å²) in [7, 11) is -4.04. The first kappa shape index (κ1) is 24.9. The molecule has 2 heterocycles. The van der Waals surface area contributed by atoms with Gasteiger partial charge in [-0.25, -0.2) is 18.1 Å². The summed E-state index contributed by atoms with van der Waals surface area (Å²) in [6.45, 7) is 6.18. The lowest BCUT2D eigenvalue weighted by atomic mass is 10.00.